The number of aryl methyl sites for hydroxylation is 1. The predicted octanol–water partition coefficient (Wildman–Crippen LogP) is 3.17. The maximum atomic E-state index is 12.4. The molecule has 2 aromatic rings. The van der Waals surface area contributed by atoms with E-state index in [2.05, 4.69) is 20.9 Å². The number of carbonyl (C=O) groups is 3. The fraction of sp³-hybridized carbons (Fsp3) is 0.333. The number of urea groups is 1. The van der Waals surface area contributed by atoms with Gasteiger partial charge in [0.05, 0.1) is 11.7 Å². The molecule has 0 bridgehead atoms. The van der Waals surface area contributed by atoms with E-state index in [1.54, 1.807) is 38.1 Å². The van der Waals surface area contributed by atoms with Gasteiger partial charge in [0.15, 0.2) is 0 Å². The van der Waals surface area contributed by atoms with Gasteiger partial charge < -0.3 is 21.1 Å². The fourth-order valence-corrected chi connectivity index (χ4v) is 3.19. The van der Waals surface area contributed by atoms with Crippen molar-refractivity contribution in [1.82, 2.24) is 15.6 Å². The van der Waals surface area contributed by atoms with Crippen LogP contribution < -0.4 is 16.0 Å². The number of hydrogen-bond acceptors (Lipinski definition) is 5. The highest BCUT2D eigenvalue weighted by atomic mass is 32.1. The Kier molecular flexibility index (Phi) is 6.51. The lowest BCUT2D eigenvalue weighted by molar-refractivity contribution is 0.0700. The number of thiazole rings is 1. The zero-order chi connectivity index (χ0) is 20.1. The molecule has 0 aliphatic rings. The maximum Gasteiger partial charge on any atom is 0.347 e. The van der Waals surface area contributed by atoms with Gasteiger partial charge in [0.2, 0.25) is 0 Å². The molecule has 8 nitrogen and oxygen atoms in total. The molecule has 0 fully saturated rings. The summed E-state index contributed by atoms with van der Waals surface area (Å²) in [6.07, 6.45) is 0. The lowest BCUT2D eigenvalue weighted by atomic mass is 10.2. The van der Waals surface area contributed by atoms with E-state index < -0.39 is 12.0 Å². The number of amides is 3. The van der Waals surface area contributed by atoms with E-state index in [9.17, 15) is 14.4 Å². The molecule has 1 aromatic carbocycles. The second kappa shape index (κ2) is 8.63. The number of nitrogens with one attached hydrogen (secondary N) is 3. The molecule has 0 saturated carbocycles. The molecule has 0 aliphatic carbocycles. The summed E-state index contributed by atoms with van der Waals surface area (Å²) in [7, 11) is 0. The highest BCUT2D eigenvalue weighted by molar-refractivity contribution is 7.13. The first-order valence-electron chi connectivity index (χ1n) is 8.36. The van der Waals surface area contributed by atoms with Gasteiger partial charge in [-0.15, -0.1) is 11.3 Å². The number of aromatic nitrogens is 1. The average Bonchev–Trinajstić information content (AvgIpc) is 2.97. The van der Waals surface area contributed by atoms with Gasteiger partial charge in [-0.2, -0.15) is 0 Å². The molecule has 27 heavy (non-hydrogen) atoms. The predicted molar refractivity (Wildman–Crippen MR) is 103 cm³/mol. The van der Waals surface area contributed by atoms with Gasteiger partial charge in [-0.05, 0) is 52.0 Å². The summed E-state index contributed by atoms with van der Waals surface area (Å²) < 4.78 is 0. The number of anilines is 1. The third-order valence-corrected chi connectivity index (χ3v) is 4.88. The Balaban J connectivity index is 2.00. The monoisotopic (exact) mass is 390 g/mol. The molecule has 1 atom stereocenters. The van der Waals surface area contributed by atoms with Gasteiger partial charge in [-0.1, -0.05) is 0 Å². The van der Waals surface area contributed by atoms with Crippen LogP contribution in [0, 0.1) is 6.92 Å². The molecule has 1 aromatic heterocycles. The molecule has 0 radical (unpaired) electrons. The summed E-state index contributed by atoms with van der Waals surface area (Å²) in [6, 6.07) is 5.75. The van der Waals surface area contributed by atoms with Gasteiger partial charge in [0.1, 0.15) is 9.88 Å². The van der Waals surface area contributed by atoms with Crippen molar-refractivity contribution >= 4 is 34.9 Å². The van der Waals surface area contributed by atoms with Gasteiger partial charge in [0.25, 0.3) is 5.91 Å². The molecule has 0 saturated heterocycles. The molecular formula is C18H22N4O4S. The molecule has 0 aliphatic heterocycles. The normalized spacial score (nSPS) is 11.7. The van der Waals surface area contributed by atoms with Crippen LogP contribution in [0.2, 0.25) is 0 Å². The third kappa shape index (κ3) is 5.52. The Hall–Kier alpha value is -2.94. The Morgan fingerprint density at radius 3 is 2.22 bits per heavy atom. The summed E-state index contributed by atoms with van der Waals surface area (Å²) in [6.45, 7) is 7.09. The van der Waals surface area contributed by atoms with Crippen molar-refractivity contribution in [3.05, 3.63) is 45.4 Å². The smallest absolute Gasteiger partial charge is 0.347 e. The summed E-state index contributed by atoms with van der Waals surface area (Å²) >= 11 is 1.05. The van der Waals surface area contributed by atoms with E-state index in [-0.39, 0.29) is 22.9 Å². The zero-order valence-corrected chi connectivity index (χ0v) is 16.3. The lowest BCUT2D eigenvalue weighted by Crippen LogP contribution is -2.34. The molecular weight excluding hydrogens is 368 g/mol. The number of nitrogens with zero attached hydrogens (tertiary/aromatic N) is 1. The summed E-state index contributed by atoms with van der Waals surface area (Å²) in [4.78, 5) is 39.6. The van der Waals surface area contributed by atoms with Crippen LogP contribution in [0.3, 0.4) is 0 Å². The quantitative estimate of drug-likeness (QED) is 0.604. The van der Waals surface area contributed by atoms with E-state index >= 15 is 0 Å². The van der Waals surface area contributed by atoms with Crippen molar-refractivity contribution in [3.63, 3.8) is 0 Å². The van der Waals surface area contributed by atoms with Crippen molar-refractivity contribution in [2.45, 2.75) is 39.8 Å². The van der Waals surface area contributed by atoms with Crippen molar-refractivity contribution in [2.24, 2.45) is 0 Å². The summed E-state index contributed by atoms with van der Waals surface area (Å²) in [5.74, 6) is -1.34. The van der Waals surface area contributed by atoms with E-state index in [0.29, 0.717) is 22.0 Å². The van der Waals surface area contributed by atoms with E-state index in [1.807, 2.05) is 13.8 Å². The average molecular weight is 390 g/mol. The summed E-state index contributed by atoms with van der Waals surface area (Å²) in [5.41, 5.74) is 1.42. The van der Waals surface area contributed by atoms with Crippen LogP contribution in [-0.4, -0.2) is 34.0 Å². The number of carboxylic acid groups (broad SMARTS) is 1. The number of rotatable bonds is 6. The molecule has 3 amide bonds. The van der Waals surface area contributed by atoms with E-state index in [1.165, 1.54) is 0 Å². The standard InChI is InChI=1S/C18H22N4O4S/c1-9(2)19-18(26)22-13-7-5-12(6-8-13)15(23)20-11(4)16-21-10(3)14(27-16)17(24)25/h5-9,11H,1-4H3,(H,20,23)(H,24,25)(H2,19,22,26). The highest BCUT2D eigenvalue weighted by Gasteiger charge is 2.19. The maximum absolute atomic E-state index is 12.4. The number of carboxylic acids is 1. The second-order valence-electron chi connectivity index (χ2n) is 6.30. The first-order chi connectivity index (χ1) is 12.7. The van der Waals surface area contributed by atoms with E-state index in [0.717, 1.165) is 11.3 Å². The number of hydrogen-bond donors (Lipinski definition) is 4. The second-order valence-corrected chi connectivity index (χ2v) is 7.33. The van der Waals surface area contributed by atoms with Crippen LogP contribution >= 0.6 is 11.3 Å². The van der Waals surface area contributed by atoms with Crippen molar-refractivity contribution < 1.29 is 19.5 Å². The minimum Gasteiger partial charge on any atom is -0.477 e. The Morgan fingerprint density at radius 1 is 1.07 bits per heavy atom. The molecule has 2 rings (SSSR count). The van der Waals surface area contributed by atoms with Gasteiger partial charge in [-0.3, -0.25) is 4.79 Å². The van der Waals surface area contributed by atoms with Gasteiger partial charge in [-0.25, -0.2) is 14.6 Å². The van der Waals surface area contributed by atoms with Crippen LogP contribution in [0.4, 0.5) is 10.5 Å². The Labute approximate surface area is 161 Å². The number of aromatic carboxylic acids is 1. The first kappa shape index (κ1) is 20.4. The van der Waals surface area contributed by atoms with Crippen LogP contribution in [0.15, 0.2) is 24.3 Å². The molecule has 1 unspecified atom stereocenters. The topological polar surface area (TPSA) is 120 Å². The van der Waals surface area contributed by atoms with Gasteiger partial charge in [0, 0.05) is 17.3 Å². The fourth-order valence-electron chi connectivity index (χ4n) is 2.28. The van der Waals surface area contributed by atoms with Crippen LogP contribution in [0.25, 0.3) is 0 Å². The minimum absolute atomic E-state index is 0.0210. The van der Waals surface area contributed by atoms with Crippen molar-refractivity contribution in [1.29, 1.82) is 0 Å². The SMILES string of the molecule is Cc1nc(C(C)NC(=O)c2ccc(NC(=O)NC(C)C)cc2)sc1C(=O)O. The first-order valence-corrected chi connectivity index (χ1v) is 9.18. The van der Waals surface area contributed by atoms with Crippen LogP contribution in [0.5, 0.6) is 0 Å². The molecule has 0 spiro atoms. The molecule has 9 heteroatoms. The lowest BCUT2D eigenvalue weighted by Gasteiger charge is -2.12. The van der Waals surface area contributed by atoms with Gasteiger partial charge >= 0.3 is 12.0 Å². The molecule has 4 N–H and O–H groups in total. The third-order valence-electron chi connectivity index (χ3n) is 3.55. The van der Waals surface area contributed by atoms with E-state index in [4.69, 9.17) is 5.11 Å². The highest BCUT2D eigenvalue weighted by Crippen LogP contribution is 2.24. The number of carbonyl (C=O) groups excluding carboxylic acids is 2. The number of benzene rings is 1. The summed E-state index contributed by atoms with van der Waals surface area (Å²) in [5, 5.41) is 17.8. The minimum atomic E-state index is -1.03. The largest absolute Gasteiger partial charge is 0.477 e. The van der Waals surface area contributed by atoms with Crippen molar-refractivity contribution in [3.8, 4) is 0 Å². The Morgan fingerprint density at radius 2 is 1.70 bits per heavy atom. The molecule has 1 heterocycles. The van der Waals surface area contributed by atoms with Crippen LogP contribution in [-0.2, 0) is 0 Å². The molecule has 144 valence electrons. The van der Waals surface area contributed by atoms with Crippen molar-refractivity contribution in [2.75, 3.05) is 5.32 Å². The van der Waals surface area contributed by atoms with Crippen LogP contribution in [0.1, 0.15) is 57.5 Å². The zero-order valence-electron chi connectivity index (χ0n) is 15.5. The Bertz CT molecular complexity index is 846.